The van der Waals surface area contributed by atoms with Crippen molar-refractivity contribution in [3.05, 3.63) is 63.1 Å². The molecule has 1 N–H and O–H groups in total. The summed E-state index contributed by atoms with van der Waals surface area (Å²) in [5.41, 5.74) is 4.52. The number of benzene rings is 2. The molecular weight excluding hydrogens is 391 g/mol. The summed E-state index contributed by atoms with van der Waals surface area (Å²) >= 11 is 12.3. The first-order chi connectivity index (χ1) is 13.5. The number of para-hydroxylation sites is 1. The lowest BCUT2D eigenvalue weighted by atomic mass is 9.94. The monoisotopic (exact) mass is 418 g/mol. The van der Waals surface area contributed by atoms with Crippen LogP contribution in [0.1, 0.15) is 43.4 Å². The highest BCUT2D eigenvalue weighted by atomic mass is 35.5. The molecule has 0 unspecified atom stereocenters. The van der Waals surface area contributed by atoms with Crippen LogP contribution in [-0.2, 0) is 24.2 Å². The Morgan fingerprint density at radius 2 is 1.68 bits per heavy atom. The first kappa shape index (κ1) is 21.2. The smallest absolute Gasteiger partial charge is 0.227 e. The molecule has 5 heteroatoms. The van der Waals surface area contributed by atoms with E-state index in [0.717, 1.165) is 56.6 Å². The first-order valence-corrected chi connectivity index (χ1v) is 10.8. The zero-order valence-electron chi connectivity index (χ0n) is 16.6. The number of hydrogen-bond donors (Lipinski definition) is 1. The average molecular weight is 419 g/mol. The summed E-state index contributed by atoms with van der Waals surface area (Å²) in [7, 11) is 0. The number of piperidine rings is 1. The van der Waals surface area contributed by atoms with Crippen LogP contribution in [0.15, 0.2) is 36.4 Å². The molecule has 1 aliphatic rings. The Morgan fingerprint density at radius 1 is 1.04 bits per heavy atom. The topological polar surface area (TPSA) is 32.3 Å². The Morgan fingerprint density at radius 3 is 2.25 bits per heavy atom. The van der Waals surface area contributed by atoms with Gasteiger partial charge < -0.3 is 5.32 Å². The van der Waals surface area contributed by atoms with Crippen LogP contribution in [-0.4, -0.2) is 23.9 Å². The van der Waals surface area contributed by atoms with Crippen LogP contribution >= 0.6 is 23.2 Å². The molecule has 1 amide bonds. The number of carbonyl (C=O) groups excluding carboxylic acids is 1. The van der Waals surface area contributed by atoms with E-state index in [9.17, 15) is 4.79 Å². The minimum absolute atomic E-state index is 0.0616. The lowest BCUT2D eigenvalue weighted by Crippen LogP contribution is -2.38. The van der Waals surface area contributed by atoms with E-state index in [4.69, 9.17) is 23.2 Å². The van der Waals surface area contributed by atoms with E-state index in [-0.39, 0.29) is 11.8 Å². The minimum atomic E-state index is 0.0616. The molecule has 3 rings (SSSR count). The third kappa shape index (κ3) is 5.08. The molecule has 0 bridgehead atoms. The van der Waals surface area contributed by atoms with Crippen LogP contribution in [0.25, 0.3) is 0 Å². The average Bonchev–Trinajstić information content (AvgIpc) is 2.70. The molecule has 1 aliphatic heterocycles. The van der Waals surface area contributed by atoms with Gasteiger partial charge in [-0.3, -0.25) is 9.69 Å². The van der Waals surface area contributed by atoms with Crippen molar-refractivity contribution in [2.24, 2.45) is 5.92 Å². The van der Waals surface area contributed by atoms with E-state index in [0.29, 0.717) is 10.0 Å². The zero-order valence-corrected chi connectivity index (χ0v) is 18.1. The molecule has 28 heavy (non-hydrogen) atoms. The lowest BCUT2D eigenvalue weighted by molar-refractivity contribution is -0.121. The number of amides is 1. The number of rotatable bonds is 6. The molecular formula is C23H28Cl2N2O. The molecule has 0 spiro atoms. The Bertz CT molecular complexity index is 807. The van der Waals surface area contributed by atoms with Gasteiger partial charge in [-0.05, 0) is 67.6 Å². The largest absolute Gasteiger partial charge is 0.325 e. The minimum Gasteiger partial charge on any atom is -0.325 e. The van der Waals surface area contributed by atoms with E-state index in [1.54, 1.807) is 6.07 Å². The van der Waals surface area contributed by atoms with Gasteiger partial charge in [-0.2, -0.15) is 0 Å². The third-order valence-corrected chi connectivity index (χ3v) is 6.20. The first-order valence-electron chi connectivity index (χ1n) is 10.1. The summed E-state index contributed by atoms with van der Waals surface area (Å²) in [6.45, 7) is 6.85. The van der Waals surface area contributed by atoms with Crippen molar-refractivity contribution in [1.82, 2.24) is 4.90 Å². The van der Waals surface area contributed by atoms with E-state index in [1.165, 1.54) is 11.1 Å². The number of halogens is 2. The van der Waals surface area contributed by atoms with Gasteiger partial charge in [-0.25, -0.2) is 0 Å². The zero-order chi connectivity index (χ0) is 20.1. The normalized spacial score (nSPS) is 15.6. The summed E-state index contributed by atoms with van der Waals surface area (Å²) in [6.07, 6.45) is 3.58. The van der Waals surface area contributed by atoms with Crippen molar-refractivity contribution in [3.8, 4) is 0 Å². The van der Waals surface area contributed by atoms with E-state index < -0.39 is 0 Å². The Labute approximate surface area is 178 Å². The quantitative estimate of drug-likeness (QED) is 0.626. The van der Waals surface area contributed by atoms with Crippen LogP contribution < -0.4 is 5.32 Å². The van der Waals surface area contributed by atoms with Crippen molar-refractivity contribution in [2.75, 3.05) is 18.4 Å². The molecule has 2 aromatic carbocycles. The van der Waals surface area contributed by atoms with Crippen LogP contribution in [0.4, 0.5) is 5.69 Å². The predicted molar refractivity (Wildman–Crippen MR) is 118 cm³/mol. The molecule has 0 radical (unpaired) electrons. The Kier molecular flexibility index (Phi) is 7.39. The van der Waals surface area contributed by atoms with Crippen LogP contribution in [0.3, 0.4) is 0 Å². The lowest BCUT2D eigenvalue weighted by Gasteiger charge is -2.31. The fourth-order valence-electron chi connectivity index (χ4n) is 3.87. The summed E-state index contributed by atoms with van der Waals surface area (Å²) in [4.78, 5) is 15.3. The molecule has 2 aromatic rings. The summed E-state index contributed by atoms with van der Waals surface area (Å²) in [6, 6.07) is 11.9. The number of anilines is 1. The highest BCUT2D eigenvalue weighted by Gasteiger charge is 2.26. The molecule has 150 valence electrons. The van der Waals surface area contributed by atoms with E-state index >= 15 is 0 Å². The summed E-state index contributed by atoms with van der Waals surface area (Å²) in [5, 5.41) is 4.60. The Balaban J connectivity index is 1.58. The van der Waals surface area contributed by atoms with Crippen molar-refractivity contribution >= 4 is 34.8 Å². The number of aryl methyl sites for hydroxylation is 2. The maximum absolute atomic E-state index is 12.9. The molecule has 1 saturated heterocycles. The second-order valence-corrected chi connectivity index (χ2v) is 8.28. The standard InChI is InChI=1S/C23H28Cl2N2O/c1-3-16-6-5-7-17(4-2)22(16)26-23(28)18-10-12-27(13-11-18)15-19-8-9-20(24)14-21(19)25/h5-9,14,18H,3-4,10-13,15H2,1-2H3,(H,26,28). The van der Waals surface area contributed by atoms with Crippen LogP contribution in [0, 0.1) is 5.92 Å². The molecule has 1 fully saturated rings. The van der Waals surface area contributed by atoms with Gasteiger partial charge in [0.2, 0.25) is 5.91 Å². The number of likely N-dealkylation sites (tertiary alicyclic amines) is 1. The number of nitrogens with one attached hydrogen (secondary N) is 1. The van der Waals surface area contributed by atoms with Gasteiger partial charge in [-0.1, -0.05) is 61.3 Å². The number of nitrogens with zero attached hydrogens (tertiary/aromatic N) is 1. The maximum atomic E-state index is 12.9. The Hall–Kier alpha value is -1.55. The van der Waals surface area contributed by atoms with E-state index in [1.807, 2.05) is 12.1 Å². The van der Waals surface area contributed by atoms with Crippen molar-refractivity contribution in [2.45, 2.75) is 46.1 Å². The predicted octanol–water partition coefficient (Wildman–Crippen LogP) is 5.97. The van der Waals surface area contributed by atoms with Gasteiger partial charge in [0, 0.05) is 28.2 Å². The molecule has 0 aromatic heterocycles. The van der Waals surface area contributed by atoms with Gasteiger partial charge in [-0.15, -0.1) is 0 Å². The number of carbonyl (C=O) groups is 1. The summed E-state index contributed by atoms with van der Waals surface area (Å²) in [5.74, 6) is 0.214. The molecule has 1 heterocycles. The van der Waals surface area contributed by atoms with Crippen molar-refractivity contribution in [3.63, 3.8) is 0 Å². The van der Waals surface area contributed by atoms with Gasteiger partial charge >= 0.3 is 0 Å². The van der Waals surface area contributed by atoms with Gasteiger partial charge in [0.15, 0.2) is 0 Å². The highest BCUT2D eigenvalue weighted by molar-refractivity contribution is 6.35. The van der Waals surface area contributed by atoms with Crippen molar-refractivity contribution in [1.29, 1.82) is 0 Å². The van der Waals surface area contributed by atoms with Crippen LogP contribution in [0.2, 0.25) is 10.0 Å². The fourth-order valence-corrected chi connectivity index (χ4v) is 4.34. The SMILES string of the molecule is CCc1cccc(CC)c1NC(=O)C1CCN(Cc2ccc(Cl)cc2Cl)CC1. The van der Waals surface area contributed by atoms with Gasteiger partial charge in [0.05, 0.1) is 0 Å². The maximum Gasteiger partial charge on any atom is 0.227 e. The van der Waals surface area contributed by atoms with Crippen LogP contribution in [0.5, 0.6) is 0 Å². The third-order valence-electron chi connectivity index (χ3n) is 5.61. The summed E-state index contributed by atoms with van der Waals surface area (Å²) < 4.78 is 0. The molecule has 0 atom stereocenters. The van der Waals surface area contributed by atoms with Gasteiger partial charge in [0.1, 0.15) is 0 Å². The van der Waals surface area contributed by atoms with Crippen molar-refractivity contribution < 1.29 is 4.79 Å². The highest BCUT2D eigenvalue weighted by Crippen LogP contribution is 2.27. The molecule has 3 nitrogen and oxygen atoms in total. The van der Waals surface area contributed by atoms with Gasteiger partial charge in [0.25, 0.3) is 0 Å². The fraction of sp³-hybridized carbons (Fsp3) is 0.435. The second kappa shape index (κ2) is 9.78. The number of hydrogen-bond acceptors (Lipinski definition) is 2. The molecule has 0 saturated carbocycles. The molecule has 0 aliphatic carbocycles. The second-order valence-electron chi connectivity index (χ2n) is 7.43. The van der Waals surface area contributed by atoms with E-state index in [2.05, 4.69) is 42.3 Å².